The number of carbonyl (C=O) groups excluding carboxylic acids is 6. The Morgan fingerprint density at radius 1 is 0.493 bits per heavy atom. The SMILES string of the molecule is CC(=O)OCC1OC(OC2C(OC(C)=O)C(N=[N+]=[N-])CC(N=[N+]=[N-])C2OC2OC(CN=[N+]=[N-])C(F)(F)C(OC(C)=O)C2N=[N+]=[N-])C(OC(C)=O)C1OC1OC(CN=[N+]=[N-])C(OC(C)=O)C(OC(C)=O)C1N=[N+]=[N-]. The van der Waals surface area contributed by atoms with Gasteiger partial charge in [-0.25, -0.2) is 0 Å². The highest BCUT2D eigenvalue weighted by Crippen LogP contribution is 2.43. The molecule has 3 saturated heterocycles. The van der Waals surface area contributed by atoms with Gasteiger partial charge in [0.1, 0.15) is 55.3 Å². The van der Waals surface area contributed by atoms with Gasteiger partial charge in [0.2, 0.25) is 0 Å². The molecule has 4 fully saturated rings. The van der Waals surface area contributed by atoms with Gasteiger partial charge in [-0.15, -0.1) is 0 Å². The highest BCUT2D eigenvalue weighted by Gasteiger charge is 2.63. The number of esters is 6. The summed E-state index contributed by atoms with van der Waals surface area (Å²) in [5.74, 6) is -10.7. The van der Waals surface area contributed by atoms with Gasteiger partial charge in [-0.05, 0) is 39.6 Å². The fourth-order valence-electron chi connectivity index (χ4n) is 8.13. The van der Waals surface area contributed by atoms with Crippen LogP contribution in [-0.4, -0.2) is 172 Å². The van der Waals surface area contributed by atoms with E-state index in [9.17, 15) is 50.9 Å². The molecule has 18 unspecified atom stereocenters. The quantitative estimate of drug-likeness (QED) is 0.0517. The maximum absolute atomic E-state index is 16.0. The molecule has 18 atom stereocenters. The van der Waals surface area contributed by atoms with Crippen molar-refractivity contribution in [3.63, 3.8) is 0 Å². The number of carbonyl (C=O) groups is 6. The molecular weight excluding hydrogens is 998 g/mol. The molecule has 4 rings (SSSR count). The van der Waals surface area contributed by atoms with Crippen molar-refractivity contribution in [2.24, 2.45) is 30.7 Å². The Morgan fingerprint density at radius 2 is 0.959 bits per heavy atom. The summed E-state index contributed by atoms with van der Waals surface area (Å²) in [6, 6.07) is -7.41. The van der Waals surface area contributed by atoms with Crippen LogP contribution in [0.2, 0.25) is 0 Å². The van der Waals surface area contributed by atoms with Crippen molar-refractivity contribution in [3.8, 4) is 0 Å². The molecule has 0 aromatic heterocycles. The summed E-state index contributed by atoms with van der Waals surface area (Å²) in [4.78, 5) is 90.9. The van der Waals surface area contributed by atoms with E-state index in [0.29, 0.717) is 0 Å². The van der Waals surface area contributed by atoms with Crippen LogP contribution in [0.3, 0.4) is 0 Å². The van der Waals surface area contributed by atoms with Crippen LogP contribution in [0, 0.1) is 0 Å². The van der Waals surface area contributed by atoms with Crippen LogP contribution in [0.5, 0.6) is 0 Å². The number of azide groups is 6. The molecule has 0 aromatic rings. The Morgan fingerprint density at radius 3 is 1.51 bits per heavy atom. The number of halogens is 2. The van der Waals surface area contributed by atoms with E-state index in [1.807, 2.05) is 0 Å². The molecule has 0 aromatic carbocycles. The Balaban J connectivity index is 1.95. The second kappa shape index (κ2) is 26.7. The minimum Gasteiger partial charge on any atom is -0.463 e. The number of ether oxygens (including phenoxy) is 12. The first-order chi connectivity index (χ1) is 34.6. The number of nitrogens with zero attached hydrogens (tertiary/aromatic N) is 18. The smallest absolute Gasteiger partial charge is 0.310 e. The van der Waals surface area contributed by atoms with E-state index >= 15 is 8.78 Å². The summed E-state index contributed by atoms with van der Waals surface area (Å²) in [5.41, 5.74) is 56.8. The molecule has 396 valence electrons. The van der Waals surface area contributed by atoms with Gasteiger partial charge in [0.15, 0.2) is 43.3 Å². The van der Waals surface area contributed by atoms with Gasteiger partial charge in [-0.3, -0.25) is 28.8 Å². The molecule has 3 heterocycles. The van der Waals surface area contributed by atoms with Crippen molar-refractivity contribution in [1.29, 1.82) is 0 Å². The van der Waals surface area contributed by atoms with Gasteiger partial charge in [0.25, 0.3) is 0 Å². The number of hydrogen-bond acceptors (Lipinski definition) is 24. The van der Waals surface area contributed by atoms with Gasteiger partial charge in [0.05, 0.1) is 31.3 Å². The van der Waals surface area contributed by atoms with Crippen LogP contribution < -0.4 is 0 Å². The summed E-state index contributed by atoms with van der Waals surface area (Å²) < 4.78 is 101. The summed E-state index contributed by atoms with van der Waals surface area (Å²) >= 11 is 0. The zero-order valence-corrected chi connectivity index (χ0v) is 38.9. The topological polar surface area (TPSA) is 506 Å². The lowest BCUT2D eigenvalue weighted by Gasteiger charge is -2.48. The maximum atomic E-state index is 16.0. The van der Waals surface area contributed by atoms with Crippen LogP contribution in [-0.2, 0) is 85.6 Å². The van der Waals surface area contributed by atoms with Crippen LogP contribution >= 0.6 is 0 Å². The van der Waals surface area contributed by atoms with Crippen molar-refractivity contribution in [2.45, 2.75) is 164 Å². The normalized spacial score (nSPS) is 34.0. The monoisotopic (exact) mass is 1040 g/mol. The predicted octanol–water partition coefficient (Wildman–Crippen LogP) is 3.91. The van der Waals surface area contributed by atoms with E-state index in [2.05, 4.69) is 60.2 Å². The maximum Gasteiger partial charge on any atom is 0.310 e. The van der Waals surface area contributed by atoms with E-state index in [-0.39, 0.29) is 0 Å². The summed E-state index contributed by atoms with van der Waals surface area (Å²) in [5, 5.41) is 20.9. The number of alkyl halides is 2. The van der Waals surface area contributed by atoms with Gasteiger partial charge in [0, 0.05) is 71.0 Å². The molecule has 1 aliphatic carbocycles. The second-order valence-corrected chi connectivity index (χ2v) is 15.7. The highest BCUT2D eigenvalue weighted by molar-refractivity contribution is 5.68. The molecule has 1 saturated carbocycles. The third kappa shape index (κ3) is 14.9. The van der Waals surface area contributed by atoms with Crippen molar-refractivity contribution >= 4 is 35.8 Å². The first-order valence-corrected chi connectivity index (χ1v) is 21.1. The van der Waals surface area contributed by atoms with Gasteiger partial charge in [-0.2, -0.15) is 8.78 Å². The third-order valence-corrected chi connectivity index (χ3v) is 10.7. The zero-order valence-electron chi connectivity index (χ0n) is 38.9. The lowest BCUT2D eigenvalue weighted by atomic mass is 9.83. The lowest BCUT2D eigenvalue weighted by molar-refractivity contribution is -0.334. The minimum absolute atomic E-state index is 0.588. The van der Waals surface area contributed by atoms with E-state index in [0.717, 1.165) is 41.5 Å². The molecular formula is C35H44F2N18O18. The molecule has 73 heavy (non-hydrogen) atoms. The molecule has 0 bridgehead atoms. The van der Waals surface area contributed by atoms with E-state index in [1.54, 1.807) is 0 Å². The number of rotatable bonds is 21. The van der Waals surface area contributed by atoms with Crippen LogP contribution in [0.25, 0.3) is 62.7 Å². The van der Waals surface area contributed by atoms with Gasteiger partial charge in [-0.1, -0.05) is 30.7 Å². The molecule has 36 nitrogen and oxygen atoms in total. The predicted molar refractivity (Wildman–Crippen MR) is 224 cm³/mol. The van der Waals surface area contributed by atoms with Crippen LogP contribution in [0.15, 0.2) is 30.7 Å². The molecule has 38 heteroatoms. The van der Waals surface area contributed by atoms with Crippen molar-refractivity contribution < 1.29 is 94.4 Å². The van der Waals surface area contributed by atoms with Gasteiger partial charge < -0.3 is 56.8 Å². The fourth-order valence-corrected chi connectivity index (χ4v) is 8.13. The molecule has 0 spiro atoms. The summed E-state index contributed by atoms with van der Waals surface area (Å²) in [6.07, 6.45) is -28.6. The van der Waals surface area contributed by atoms with E-state index in [4.69, 9.17) is 67.9 Å². The fraction of sp³-hybridized carbons (Fsp3) is 0.829. The highest BCUT2D eigenvalue weighted by atomic mass is 19.3. The standard InChI is InChI=1S/C35H44F2N18O18/c1-11(56)62-10-20-27(72-32-22(48-54-42)28(65-14(4)59)26(64-13(3)58)19(68-32)8-44-50-38)30(66-15(5)60)34(69-20)73-29-24(63-12(2)57)17(46-52-40)7-18(47-53-41)25(29)71-33-23(49-55-43)31(67-16(6)61)35(36,37)21(70-33)9-45-51-39/h17-34H,7-10H2,1-6H3. The summed E-state index contributed by atoms with van der Waals surface area (Å²) in [7, 11) is 0. The zero-order chi connectivity index (χ0) is 54.2. The van der Waals surface area contributed by atoms with Crippen LogP contribution in [0.1, 0.15) is 48.0 Å². The second-order valence-electron chi connectivity index (χ2n) is 15.7. The van der Waals surface area contributed by atoms with Crippen molar-refractivity contribution in [3.05, 3.63) is 62.7 Å². The molecule has 4 aliphatic rings. The van der Waals surface area contributed by atoms with Crippen LogP contribution in [0.4, 0.5) is 8.78 Å². The van der Waals surface area contributed by atoms with Crippen molar-refractivity contribution in [1.82, 2.24) is 0 Å². The summed E-state index contributed by atoms with van der Waals surface area (Å²) in [6.45, 7) is 2.83. The molecule has 0 N–H and O–H groups in total. The van der Waals surface area contributed by atoms with Crippen molar-refractivity contribution in [2.75, 3.05) is 19.7 Å². The number of hydrogen-bond donors (Lipinski definition) is 0. The van der Waals surface area contributed by atoms with Gasteiger partial charge >= 0.3 is 41.7 Å². The Kier molecular flexibility index (Phi) is 21.1. The minimum atomic E-state index is -4.28. The largest absolute Gasteiger partial charge is 0.463 e. The van der Waals surface area contributed by atoms with E-state index in [1.165, 1.54) is 0 Å². The molecule has 0 amide bonds. The Labute approximate surface area is 407 Å². The lowest BCUT2D eigenvalue weighted by Crippen LogP contribution is -2.66. The third-order valence-electron chi connectivity index (χ3n) is 10.7. The average molecular weight is 1040 g/mol. The first-order valence-electron chi connectivity index (χ1n) is 21.1. The molecule has 0 radical (unpaired) electrons. The Hall–Kier alpha value is -7.70. The molecule has 3 aliphatic heterocycles. The first kappa shape index (κ1) is 57.9. The average Bonchev–Trinajstić information content (AvgIpc) is 3.61. The van der Waals surface area contributed by atoms with E-state index < -0.39 is 178 Å². The Bertz CT molecular complexity index is 2380.